The van der Waals surface area contributed by atoms with Crippen molar-refractivity contribution in [1.82, 2.24) is 5.32 Å². The molecule has 1 heterocycles. The van der Waals surface area contributed by atoms with Gasteiger partial charge in [-0.05, 0) is 18.4 Å². The molecule has 3 heteroatoms. The van der Waals surface area contributed by atoms with E-state index in [0.717, 1.165) is 24.7 Å². The molecule has 3 fully saturated rings. The lowest BCUT2D eigenvalue weighted by atomic mass is 10.1. The molecule has 2 saturated carbocycles. The Morgan fingerprint density at radius 2 is 2.55 bits per heavy atom. The molecule has 3 aliphatic rings. The minimum absolute atomic E-state index is 0.493. The van der Waals surface area contributed by atoms with Gasteiger partial charge in [-0.15, -0.1) is 0 Å². The first-order valence-corrected chi connectivity index (χ1v) is 4.09. The normalized spacial score (nSPS) is 57.3. The van der Waals surface area contributed by atoms with Crippen molar-refractivity contribution in [3.05, 3.63) is 0 Å². The molecule has 3 rings (SSSR count). The van der Waals surface area contributed by atoms with Crippen LogP contribution in [0.5, 0.6) is 0 Å². The maximum Gasteiger partial charge on any atom is 0.160 e. The molecule has 2 aliphatic carbocycles. The highest BCUT2D eigenvalue weighted by Crippen LogP contribution is 2.82. The van der Waals surface area contributed by atoms with E-state index in [9.17, 15) is 4.79 Å². The molecular weight excluding hydrogens is 140 g/mol. The van der Waals surface area contributed by atoms with Gasteiger partial charge >= 0.3 is 0 Å². The Balaban J connectivity index is 1.72. The monoisotopic (exact) mass is 150 g/mol. The highest BCUT2D eigenvalue weighted by molar-refractivity contribution is 6.13. The van der Waals surface area contributed by atoms with Crippen molar-refractivity contribution < 1.29 is 4.79 Å². The first kappa shape index (κ1) is 5.89. The summed E-state index contributed by atoms with van der Waals surface area (Å²) in [6, 6.07) is 0.493. The average Bonchev–Trinajstić information content (AvgIpc) is 2.80. The fraction of sp³-hybridized carbons (Fsp3) is 0.750. The van der Waals surface area contributed by atoms with Crippen LogP contribution >= 0.6 is 0 Å². The van der Waals surface area contributed by atoms with Gasteiger partial charge in [0.25, 0.3) is 0 Å². The van der Waals surface area contributed by atoms with Gasteiger partial charge in [-0.1, -0.05) is 0 Å². The van der Waals surface area contributed by atoms with Gasteiger partial charge in [-0.3, -0.25) is 9.79 Å². The maximum absolute atomic E-state index is 9.98. The summed E-state index contributed by atoms with van der Waals surface area (Å²) >= 11 is 0. The summed E-state index contributed by atoms with van der Waals surface area (Å²) in [7, 11) is 0. The smallest absolute Gasteiger partial charge is 0.160 e. The van der Waals surface area contributed by atoms with Gasteiger partial charge in [-0.2, -0.15) is 0 Å². The predicted molar refractivity (Wildman–Crippen MR) is 40.6 cm³/mol. The van der Waals surface area contributed by atoms with E-state index in [1.165, 1.54) is 12.8 Å². The van der Waals surface area contributed by atoms with Gasteiger partial charge in [0.15, 0.2) is 6.29 Å². The SMILES string of the molecule is O=CC=NC1C2C3CNCC312. The number of aldehydes is 1. The fourth-order valence-electron chi connectivity index (χ4n) is 2.84. The minimum Gasteiger partial charge on any atom is -0.316 e. The Morgan fingerprint density at radius 1 is 1.64 bits per heavy atom. The molecule has 4 atom stereocenters. The zero-order valence-electron chi connectivity index (χ0n) is 6.16. The Kier molecular flexibility index (Phi) is 0.832. The number of piperidine rings is 1. The van der Waals surface area contributed by atoms with E-state index in [2.05, 4.69) is 10.3 Å². The topological polar surface area (TPSA) is 41.5 Å². The van der Waals surface area contributed by atoms with Gasteiger partial charge in [0, 0.05) is 12.0 Å². The maximum atomic E-state index is 9.98. The van der Waals surface area contributed by atoms with Crippen molar-refractivity contribution in [2.24, 2.45) is 22.2 Å². The number of hydrogen-bond donors (Lipinski definition) is 1. The molecule has 1 aliphatic heterocycles. The van der Waals surface area contributed by atoms with Crippen LogP contribution in [0.3, 0.4) is 0 Å². The molecule has 4 unspecified atom stereocenters. The van der Waals surface area contributed by atoms with E-state index in [1.807, 2.05) is 0 Å². The number of fused-ring (bicyclic) bond motifs is 1. The van der Waals surface area contributed by atoms with Crippen LogP contribution in [0, 0.1) is 17.3 Å². The van der Waals surface area contributed by atoms with Crippen molar-refractivity contribution in [2.75, 3.05) is 13.1 Å². The zero-order valence-corrected chi connectivity index (χ0v) is 6.16. The lowest BCUT2D eigenvalue weighted by molar-refractivity contribution is -0.102. The summed E-state index contributed by atoms with van der Waals surface area (Å²) in [6.45, 7) is 2.31. The molecular formula is C8H10N2O. The first-order valence-electron chi connectivity index (χ1n) is 4.09. The third kappa shape index (κ3) is 0.475. The lowest BCUT2D eigenvalue weighted by Gasteiger charge is -2.04. The van der Waals surface area contributed by atoms with E-state index >= 15 is 0 Å². The minimum atomic E-state index is 0.493. The number of aliphatic imine (C=N–C) groups is 1. The van der Waals surface area contributed by atoms with Crippen molar-refractivity contribution in [3.63, 3.8) is 0 Å². The van der Waals surface area contributed by atoms with Crippen LogP contribution in [-0.2, 0) is 4.79 Å². The third-order valence-electron chi connectivity index (χ3n) is 3.52. The van der Waals surface area contributed by atoms with Crippen LogP contribution in [0.4, 0.5) is 0 Å². The zero-order chi connectivity index (χ0) is 7.47. The molecule has 0 aromatic heterocycles. The number of nitrogens with one attached hydrogen (secondary N) is 1. The average molecular weight is 150 g/mol. The van der Waals surface area contributed by atoms with Crippen LogP contribution in [-0.4, -0.2) is 31.6 Å². The molecule has 58 valence electrons. The van der Waals surface area contributed by atoms with Gasteiger partial charge in [0.05, 0.1) is 12.3 Å². The summed E-state index contributed by atoms with van der Waals surface area (Å²) < 4.78 is 0. The Labute approximate surface area is 64.9 Å². The Bertz CT molecular complexity index is 250. The van der Waals surface area contributed by atoms with Crippen LogP contribution < -0.4 is 5.32 Å². The van der Waals surface area contributed by atoms with Gasteiger partial charge in [0.2, 0.25) is 0 Å². The molecule has 0 aromatic carbocycles. The van der Waals surface area contributed by atoms with Gasteiger partial charge < -0.3 is 5.32 Å². The number of hydrogen-bond acceptors (Lipinski definition) is 3. The van der Waals surface area contributed by atoms with Crippen LogP contribution in [0.2, 0.25) is 0 Å². The lowest BCUT2D eigenvalue weighted by Crippen LogP contribution is -2.11. The van der Waals surface area contributed by atoms with E-state index < -0.39 is 0 Å². The van der Waals surface area contributed by atoms with Gasteiger partial charge in [-0.25, -0.2) is 0 Å². The molecule has 3 nitrogen and oxygen atoms in total. The second kappa shape index (κ2) is 1.55. The summed E-state index contributed by atoms with van der Waals surface area (Å²) in [6.07, 6.45) is 2.17. The summed E-state index contributed by atoms with van der Waals surface area (Å²) in [5, 5.41) is 3.35. The standard InChI is InChI=1S/C8H10N2O/c11-2-1-10-7-6-5-3-9-4-8(5,6)7/h1-2,5-7,9H,3-4H2. The quantitative estimate of drug-likeness (QED) is 0.425. The van der Waals surface area contributed by atoms with E-state index in [-0.39, 0.29) is 0 Å². The summed E-state index contributed by atoms with van der Waals surface area (Å²) in [4.78, 5) is 14.2. The number of carbonyl (C=O) groups is 1. The van der Waals surface area contributed by atoms with E-state index in [4.69, 9.17) is 0 Å². The third-order valence-corrected chi connectivity index (χ3v) is 3.52. The Morgan fingerprint density at radius 3 is 3.18 bits per heavy atom. The van der Waals surface area contributed by atoms with Crippen LogP contribution in [0.1, 0.15) is 0 Å². The molecule has 1 N–H and O–H groups in total. The molecule has 0 aromatic rings. The number of rotatable bonds is 2. The first-order chi connectivity index (χ1) is 5.41. The molecule has 1 spiro atoms. The fourth-order valence-corrected chi connectivity index (χ4v) is 2.84. The summed E-state index contributed by atoms with van der Waals surface area (Å²) in [5.41, 5.74) is 0.527. The van der Waals surface area contributed by atoms with Crippen molar-refractivity contribution >= 4 is 12.5 Å². The number of carbonyl (C=O) groups excluding carboxylic acids is 1. The highest BCUT2D eigenvalue weighted by Gasteiger charge is 2.87. The summed E-state index contributed by atoms with van der Waals surface area (Å²) in [5.74, 6) is 1.73. The van der Waals surface area contributed by atoms with Crippen LogP contribution in [0.25, 0.3) is 0 Å². The predicted octanol–water partition coefficient (Wildman–Crippen LogP) is -0.526. The van der Waals surface area contributed by atoms with Crippen molar-refractivity contribution in [2.45, 2.75) is 6.04 Å². The van der Waals surface area contributed by atoms with Gasteiger partial charge in [0.1, 0.15) is 0 Å². The van der Waals surface area contributed by atoms with E-state index in [1.54, 1.807) is 0 Å². The second-order valence-corrected chi connectivity index (χ2v) is 3.75. The van der Waals surface area contributed by atoms with E-state index in [0.29, 0.717) is 11.5 Å². The molecule has 0 amide bonds. The van der Waals surface area contributed by atoms with Crippen LogP contribution in [0.15, 0.2) is 4.99 Å². The molecule has 11 heavy (non-hydrogen) atoms. The largest absolute Gasteiger partial charge is 0.316 e. The molecule has 0 radical (unpaired) electrons. The van der Waals surface area contributed by atoms with Crippen molar-refractivity contribution in [1.29, 1.82) is 0 Å². The number of nitrogens with zero attached hydrogens (tertiary/aromatic N) is 1. The molecule has 0 bridgehead atoms. The highest BCUT2D eigenvalue weighted by atomic mass is 16.1. The van der Waals surface area contributed by atoms with Crippen molar-refractivity contribution in [3.8, 4) is 0 Å². The Hall–Kier alpha value is -0.700. The second-order valence-electron chi connectivity index (χ2n) is 3.75. The molecule has 1 saturated heterocycles.